The molecule has 0 amide bonds. The molecule has 7 heteroatoms. The van der Waals surface area contributed by atoms with Crippen LogP contribution in [0.4, 0.5) is 5.69 Å². The molecule has 0 saturated carbocycles. The van der Waals surface area contributed by atoms with Crippen molar-refractivity contribution in [3.05, 3.63) is 40.1 Å². The fraction of sp³-hybridized carbons (Fsp3) is 0.182. The van der Waals surface area contributed by atoms with Crippen molar-refractivity contribution >= 4 is 31.6 Å². The van der Waals surface area contributed by atoms with Crippen molar-refractivity contribution in [2.45, 2.75) is 18.7 Å². The number of sulfonamides is 1. The van der Waals surface area contributed by atoms with E-state index in [-0.39, 0.29) is 4.90 Å². The largest absolute Gasteiger partial charge is 0.281 e. The van der Waals surface area contributed by atoms with E-state index in [9.17, 15) is 8.42 Å². The Labute approximate surface area is 114 Å². The predicted molar refractivity (Wildman–Crippen MR) is 73.0 cm³/mol. The summed E-state index contributed by atoms with van der Waals surface area (Å²) < 4.78 is 27.8. The number of nitrogens with one attached hydrogen (secondary N) is 2. The van der Waals surface area contributed by atoms with Crippen LogP contribution >= 0.6 is 15.9 Å². The zero-order chi connectivity index (χ0) is 13.3. The molecule has 0 spiro atoms. The normalized spacial score (nSPS) is 11.5. The molecule has 5 nitrogen and oxygen atoms in total. The molecule has 0 unspecified atom stereocenters. The average Bonchev–Trinajstić information content (AvgIpc) is 2.63. The number of H-pyrrole nitrogens is 1. The summed E-state index contributed by atoms with van der Waals surface area (Å²) >= 11 is 3.31. The number of anilines is 1. The predicted octanol–water partition coefficient (Wildman–Crippen LogP) is 2.59. The van der Waals surface area contributed by atoms with Crippen molar-refractivity contribution in [2.24, 2.45) is 0 Å². The van der Waals surface area contributed by atoms with Crippen molar-refractivity contribution in [3.63, 3.8) is 0 Å². The third-order valence-electron chi connectivity index (χ3n) is 2.50. The van der Waals surface area contributed by atoms with Gasteiger partial charge in [0, 0.05) is 4.47 Å². The molecule has 18 heavy (non-hydrogen) atoms. The maximum absolute atomic E-state index is 12.2. The van der Waals surface area contributed by atoms with Crippen molar-refractivity contribution < 1.29 is 8.42 Å². The topological polar surface area (TPSA) is 74.8 Å². The lowest BCUT2D eigenvalue weighted by Crippen LogP contribution is -2.14. The van der Waals surface area contributed by atoms with E-state index in [0.29, 0.717) is 16.9 Å². The highest BCUT2D eigenvalue weighted by Gasteiger charge is 2.18. The van der Waals surface area contributed by atoms with Gasteiger partial charge >= 0.3 is 0 Å². The number of aromatic nitrogens is 2. The summed E-state index contributed by atoms with van der Waals surface area (Å²) in [7, 11) is -3.58. The van der Waals surface area contributed by atoms with Gasteiger partial charge in [0.15, 0.2) is 0 Å². The van der Waals surface area contributed by atoms with Gasteiger partial charge in [0.05, 0.1) is 22.5 Å². The Kier molecular flexibility index (Phi) is 3.45. The van der Waals surface area contributed by atoms with Crippen LogP contribution in [-0.4, -0.2) is 18.6 Å². The molecule has 0 radical (unpaired) electrons. The molecule has 2 N–H and O–H groups in total. The molecule has 2 rings (SSSR count). The summed E-state index contributed by atoms with van der Waals surface area (Å²) in [6.45, 7) is 3.50. The van der Waals surface area contributed by atoms with E-state index in [1.165, 1.54) is 6.20 Å². The fourth-order valence-corrected chi connectivity index (χ4v) is 3.38. The summed E-state index contributed by atoms with van der Waals surface area (Å²) in [5.74, 6) is 0. The molecule has 0 aliphatic heterocycles. The third-order valence-corrected chi connectivity index (χ3v) is 4.52. The molecule has 2 aromatic rings. The van der Waals surface area contributed by atoms with Crippen LogP contribution in [0.1, 0.15) is 11.3 Å². The van der Waals surface area contributed by atoms with Gasteiger partial charge in [0.1, 0.15) is 0 Å². The summed E-state index contributed by atoms with van der Waals surface area (Å²) in [5, 5.41) is 6.46. The number of halogens is 1. The van der Waals surface area contributed by atoms with Gasteiger partial charge in [-0.05, 0) is 37.6 Å². The standard InChI is InChI=1S/C11H12BrN3O2S/c1-7-5-9(12)3-4-11(7)18(16,17)15-10-6-13-14-8(10)2/h3-6,15H,1-2H3,(H,13,14). The molecule has 0 atom stereocenters. The number of hydrogen-bond acceptors (Lipinski definition) is 3. The Hall–Kier alpha value is -1.34. The molecular weight excluding hydrogens is 318 g/mol. The van der Waals surface area contributed by atoms with E-state index >= 15 is 0 Å². The van der Waals surface area contributed by atoms with Crippen LogP contribution < -0.4 is 4.72 Å². The minimum Gasteiger partial charge on any atom is -0.281 e. The second-order valence-electron chi connectivity index (χ2n) is 3.92. The minimum absolute atomic E-state index is 0.256. The monoisotopic (exact) mass is 329 g/mol. The van der Waals surface area contributed by atoms with Crippen LogP contribution in [-0.2, 0) is 10.0 Å². The summed E-state index contributed by atoms with van der Waals surface area (Å²) in [6, 6.07) is 5.03. The first-order valence-electron chi connectivity index (χ1n) is 5.19. The van der Waals surface area contributed by atoms with Crippen LogP contribution in [0.3, 0.4) is 0 Å². The smallest absolute Gasteiger partial charge is 0.262 e. The molecule has 0 bridgehead atoms. The quantitative estimate of drug-likeness (QED) is 0.908. The second-order valence-corrected chi connectivity index (χ2v) is 6.49. The number of hydrogen-bond donors (Lipinski definition) is 2. The second kappa shape index (κ2) is 4.74. The van der Waals surface area contributed by atoms with Gasteiger partial charge in [-0.1, -0.05) is 15.9 Å². The third kappa shape index (κ3) is 2.56. The molecule has 1 aromatic heterocycles. The van der Waals surface area contributed by atoms with Gasteiger partial charge in [-0.25, -0.2) is 8.42 Å². The maximum atomic E-state index is 12.2. The lowest BCUT2D eigenvalue weighted by atomic mass is 10.2. The van der Waals surface area contributed by atoms with Gasteiger partial charge in [-0.2, -0.15) is 5.10 Å². The highest BCUT2D eigenvalue weighted by atomic mass is 79.9. The van der Waals surface area contributed by atoms with E-state index < -0.39 is 10.0 Å². The number of aromatic amines is 1. The van der Waals surface area contributed by atoms with Gasteiger partial charge in [0.2, 0.25) is 0 Å². The molecule has 0 saturated heterocycles. The van der Waals surface area contributed by atoms with Gasteiger partial charge in [0.25, 0.3) is 10.0 Å². The van der Waals surface area contributed by atoms with Crippen LogP contribution in [0, 0.1) is 13.8 Å². The molecule has 1 heterocycles. The summed E-state index contributed by atoms with van der Waals surface area (Å²) in [6.07, 6.45) is 1.45. The van der Waals surface area contributed by atoms with Gasteiger partial charge in [-0.3, -0.25) is 9.82 Å². The lowest BCUT2D eigenvalue weighted by Gasteiger charge is -2.09. The van der Waals surface area contributed by atoms with Crippen molar-refractivity contribution in [1.82, 2.24) is 10.2 Å². The Morgan fingerprint density at radius 1 is 1.33 bits per heavy atom. The van der Waals surface area contributed by atoms with E-state index in [4.69, 9.17) is 0 Å². The average molecular weight is 330 g/mol. The van der Waals surface area contributed by atoms with E-state index in [1.54, 1.807) is 32.0 Å². The zero-order valence-electron chi connectivity index (χ0n) is 9.86. The van der Waals surface area contributed by atoms with E-state index in [0.717, 1.165) is 4.47 Å². The van der Waals surface area contributed by atoms with Gasteiger partial charge in [-0.15, -0.1) is 0 Å². The highest BCUT2D eigenvalue weighted by Crippen LogP contribution is 2.23. The Morgan fingerprint density at radius 2 is 2.06 bits per heavy atom. The van der Waals surface area contributed by atoms with Crippen LogP contribution in [0.2, 0.25) is 0 Å². The summed E-state index contributed by atoms with van der Waals surface area (Å²) in [4.78, 5) is 0.256. The Bertz CT molecular complexity index is 679. The zero-order valence-corrected chi connectivity index (χ0v) is 12.3. The Balaban J connectivity index is 2.40. The van der Waals surface area contributed by atoms with Crippen molar-refractivity contribution in [1.29, 1.82) is 0 Å². The highest BCUT2D eigenvalue weighted by molar-refractivity contribution is 9.10. The lowest BCUT2D eigenvalue weighted by molar-refractivity contribution is 0.600. The molecule has 0 fully saturated rings. The van der Waals surface area contributed by atoms with Crippen LogP contribution in [0.5, 0.6) is 0 Å². The first kappa shape index (κ1) is 13.1. The van der Waals surface area contributed by atoms with Crippen molar-refractivity contribution in [2.75, 3.05) is 4.72 Å². The van der Waals surface area contributed by atoms with Gasteiger partial charge < -0.3 is 0 Å². The van der Waals surface area contributed by atoms with E-state index in [1.807, 2.05) is 0 Å². The van der Waals surface area contributed by atoms with E-state index in [2.05, 4.69) is 30.8 Å². The minimum atomic E-state index is -3.58. The fourth-order valence-electron chi connectivity index (χ4n) is 1.57. The van der Waals surface area contributed by atoms with Crippen LogP contribution in [0.15, 0.2) is 33.8 Å². The van der Waals surface area contributed by atoms with Crippen LogP contribution in [0.25, 0.3) is 0 Å². The van der Waals surface area contributed by atoms with Crippen molar-refractivity contribution in [3.8, 4) is 0 Å². The molecule has 1 aromatic carbocycles. The summed E-state index contributed by atoms with van der Waals surface area (Å²) in [5.41, 5.74) is 1.81. The number of aryl methyl sites for hydroxylation is 2. The first-order valence-corrected chi connectivity index (χ1v) is 7.47. The Morgan fingerprint density at radius 3 is 2.61 bits per heavy atom. The number of benzene rings is 1. The molecule has 96 valence electrons. The SMILES string of the molecule is Cc1cc(Br)ccc1S(=O)(=O)Nc1cn[nH]c1C. The maximum Gasteiger partial charge on any atom is 0.262 e. The number of nitrogens with zero attached hydrogens (tertiary/aromatic N) is 1. The molecular formula is C11H12BrN3O2S. The molecule has 0 aliphatic carbocycles. The first-order chi connectivity index (χ1) is 8.40. The number of rotatable bonds is 3. The molecule has 0 aliphatic rings.